The molecule has 1 aromatic carbocycles. The number of alkyl halides is 3. The molecule has 55 heavy (non-hydrogen) atoms. The van der Waals surface area contributed by atoms with Crippen LogP contribution in [0.3, 0.4) is 0 Å². The second-order valence-corrected chi connectivity index (χ2v) is 17.7. The number of carbonyl (C=O) groups excluding carboxylic acids is 7. The monoisotopic (exact) mass is 776 g/mol. The molecule has 3 fully saturated rings. The van der Waals surface area contributed by atoms with Gasteiger partial charge in [-0.2, -0.15) is 13.2 Å². The highest BCUT2D eigenvalue weighted by atomic mass is 19.4. The fraction of sp³-hybridized carbons (Fsp3) is 0.675. The van der Waals surface area contributed by atoms with Crippen molar-refractivity contribution in [2.24, 2.45) is 34.5 Å². The zero-order valence-electron chi connectivity index (χ0n) is 33.2. The van der Waals surface area contributed by atoms with Gasteiger partial charge in [-0.05, 0) is 54.4 Å². The number of amides is 4. The summed E-state index contributed by atoms with van der Waals surface area (Å²) in [7, 11) is 3.11. The van der Waals surface area contributed by atoms with E-state index in [9.17, 15) is 46.7 Å². The summed E-state index contributed by atoms with van der Waals surface area (Å²) in [6.45, 7) is 10.4. The highest BCUT2D eigenvalue weighted by Gasteiger charge is 2.69. The Morgan fingerprint density at radius 1 is 0.927 bits per heavy atom. The molecule has 6 atom stereocenters. The number of carbonyl (C=O) groups is 7. The number of ketones is 3. The van der Waals surface area contributed by atoms with Gasteiger partial charge in [0, 0.05) is 45.8 Å². The van der Waals surface area contributed by atoms with E-state index < -0.39 is 82.9 Å². The van der Waals surface area contributed by atoms with Crippen LogP contribution >= 0.6 is 0 Å². The van der Waals surface area contributed by atoms with Gasteiger partial charge in [0.25, 0.3) is 0 Å². The van der Waals surface area contributed by atoms with Crippen molar-refractivity contribution >= 4 is 41.2 Å². The minimum absolute atomic E-state index is 0.0704. The van der Waals surface area contributed by atoms with E-state index in [1.54, 1.807) is 65.2 Å². The first-order valence-electron chi connectivity index (χ1n) is 18.8. The average molecular weight is 777 g/mol. The van der Waals surface area contributed by atoms with Crippen LogP contribution in [0.2, 0.25) is 0 Å². The lowest BCUT2D eigenvalue weighted by Gasteiger charge is -2.38. The minimum atomic E-state index is -4.87. The maximum absolute atomic E-state index is 14.3. The zero-order chi connectivity index (χ0) is 41.4. The summed E-state index contributed by atoms with van der Waals surface area (Å²) in [4.78, 5) is 96.7. The van der Waals surface area contributed by atoms with Crippen LogP contribution in [0.25, 0.3) is 0 Å². The zero-order valence-corrected chi connectivity index (χ0v) is 33.2. The average Bonchev–Trinajstić information content (AvgIpc) is 3.93. The molecule has 2 N–H and O–H groups in total. The van der Waals surface area contributed by atoms with Crippen LogP contribution < -0.4 is 10.6 Å². The van der Waals surface area contributed by atoms with Gasteiger partial charge in [0.1, 0.15) is 12.1 Å². The number of benzene rings is 1. The molecule has 2 aliphatic carbocycles. The first kappa shape index (κ1) is 43.4. The van der Waals surface area contributed by atoms with Crippen molar-refractivity contribution in [3.8, 4) is 0 Å². The van der Waals surface area contributed by atoms with Crippen LogP contribution in [0.5, 0.6) is 0 Å². The quantitative estimate of drug-likeness (QED) is 0.217. The maximum atomic E-state index is 14.3. The number of halogens is 3. The summed E-state index contributed by atoms with van der Waals surface area (Å²) in [5.74, 6) is -4.81. The van der Waals surface area contributed by atoms with Crippen molar-refractivity contribution in [2.45, 2.75) is 117 Å². The van der Waals surface area contributed by atoms with Gasteiger partial charge in [-0.15, -0.1) is 0 Å². The minimum Gasteiger partial charge on any atom is -0.434 e. The topological polar surface area (TPSA) is 159 Å². The third-order valence-corrected chi connectivity index (χ3v) is 11.3. The van der Waals surface area contributed by atoms with E-state index in [0.29, 0.717) is 25.8 Å². The normalized spacial score (nSPS) is 22.0. The van der Waals surface area contributed by atoms with Gasteiger partial charge in [-0.1, -0.05) is 77.8 Å². The lowest BCUT2D eigenvalue weighted by atomic mass is 9.83. The van der Waals surface area contributed by atoms with E-state index in [-0.39, 0.29) is 48.5 Å². The Labute approximate surface area is 320 Å². The van der Waals surface area contributed by atoms with Gasteiger partial charge in [-0.25, -0.2) is 4.79 Å². The third kappa shape index (κ3) is 10.1. The number of Topliss-reactive ketones (excluding diaryl/α,β-unsaturated/α-hetero) is 3. The third-order valence-electron chi connectivity index (χ3n) is 11.3. The largest absolute Gasteiger partial charge is 0.434 e. The van der Waals surface area contributed by atoms with Gasteiger partial charge in [0.05, 0.1) is 6.04 Å². The number of nitrogens with one attached hydrogen (secondary N) is 2. The molecule has 304 valence electrons. The molecule has 2 unspecified atom stereocenters. The summed E-state index contributed by atoms with van der Waals surface area (Å²) < 4.78 is 45.1. The van der Waals surface area contributed by atoms with E-state index in [2.05, 4.69) is 10.6 Å². The Hall–Kier alpha value is -4.30. The van der Waals surface area contributed by atoms with E-state index in [1.807, 2.05) is 13.8 Å². The lowest BCUT2D eigenvalue weighted by molar-refractivity contribution is -0.244. The summed E-state index contributed by atoms with van der Waals surface area (Å²) in [5, 5.41) is 4.98. The van der Waals surface area contributed by atoms with Crippen molar-refractivity contribution in [1.82, 2.24) is 20.4 Å². The Kier molecular flexibility index (Phi) is 12.7. The Bertz CT molecular complexity index is 1670. The van der Waals surface area contributed by atoms with E-state index in [4.69, 9.17) is 4.74 Å². The number of fused-ring (bicyclic) bond motifs is 1. The molecule has 4 rings (SSSR count). The van der Waals surface area contributed by atoms with Gasteiger partial charge in [-0.3, -0.25) is 28.8 Å². The smallest absolute Gasteiger partial charge is 0.427 e. The first-order valence-corrected chi connectivity index (χ1v) is 18.8. The first-order chi connectivity index (χ1) is 25.3. The molecule has 15 heteroatoms. The number of likely N-dealkylation sites (tertiary alicyclic amines) is 1. The summed E-state index contributed by atoms with van der Waals surface area (Å²) >= 11 is 0. The van der Waals surface area contributed by atoms with Crippen molar-refractivity contribution in [3.05, 3.63) is 35.9 Å². The van der Waals surface area contributed by atoms with Crippen molar-refractivity contribution in [3.63, 3.8) is 0 Å². The molecular formula is C40H55F3N4O8. The van der Waals surface area contributed by atoms with Crippen LogP contribution in [-0.2, 0) is 33.5 Å². The number of hydrogen-bond donors (Lipinski definition) is 2. The Morgan fingerprint density at radius 2 is 1.53 bits per heavy atom. The SMILES string of the molecule is CN(C)C(=O)[C@@H](NC(=O)CCC(=O)C(=O)C(CC(=O)[C@@H]1[C@@H]2C(CN1C(=O)[C@@H](NC(=O)OC(C)(C)C(F)(F)F)C(C)(C)C)C2(C)C)CC1CC1)c1ccccc1. The fourth-order valence-electron chi connectivity index (χ4n) is 7.54. The molecule has 4 amide bonds. The van der Waals surface area contributed by atoms with E-state index >= 15 is 0 Å². The van der Waals surface area contributed by atoms with Crippen LogP contribution in [0.4, 0.5) is 18.0 Å². The number of nitrogens with zero attached hydrogens (tertiary/aromatic N) is 2. The molecule has 1 aliphatic heterocycles. The number of piperidine rings is 1. The van der Waals surface area contributed by atoms with Crippen molar-refractivity contribution < 1.29 is 51.5 Å². The maximum Gasteiger partial charge on any atom is 0.427 e. The van der Waals surface area contributed by atoms with E-state index in [1.165, 1.54) is 9.80 Å². The van der Waals surface area contributed by atoms with Crippen LogP contribution in [-0.4, -0.2) is 95.5 Å². The molecule has 0 spiro atoms. The molecule has 2 saturated carbocycles. The summed E-state index contributed by atoms with van der Waals surface area (Å²) in [5.41, 5.74) is -3.60. The number of rotatable bonds is 16. The summed E-state index contributed by atoms with van der Waals surface area (Å²) in [6, 6.07) is 5.28. The predicted octanol–water partition coefficient (Wildman–Crippen LogP) is 5.19. The molecule has 0 aromatic heterocycles. The van der Waals surface area contributed by atoms with Gasteiger partial charge < -0.3 is 25.2 Å². The number of hydrogen-bond acceptors (Lipinski definition) is 8. The molecule has 1 aromatic rings. The number of likely N-dealkylation sites (N-methyl/N-ethyl adjacent to an activating group) is 1. The molecule has 0 bridgehead atoms. The molecule has 3 aliphatic rings. The number of ether oxygens (including phenoxy) is 1. The van der Waals surface area contributed by atoms with Crippen LogP contribution in [0.1, 0.15) is 98.6 Å². The second-order valence-electron chi connectivity index (χ2n) is 17.7. The molecular weight excluding hydrogens is 721 g/mol. The molecule has 12 nitrogen and oxygen atoms in total. The van der Waals surface area contributed by atoms with Crippen LogP contribution in [0, 0.1) is 34.5 Å². The highest BCUT2D eigenvalue weighted by molar-refractivity contribution is 6.38. The van der Waals surface area contributed by atoms with Crippen molar-refractivity contribution in [2.75, 3.05) is 20.6 Å². The second kappa shape index (κ2) is 16.0. The molecule has 1 heterocycles. The highest BCUT2D eigenvalue weighted by Crippen LogP contribution is 2.65. The van der Waals surface area contributed by atoms with Gasteiger partial charge in [0.2, 0.25) is 29.1 Å². The summed E-state index contributed by atoms with van der Waals surface area (Å²) in [6.07, 6.45) is -5.45. The molecule has 0 radical (unpaired) electrons. The lowest BCUT2D eigenvalue weighted by Crippen LogP contribution is -2.59. The standard InChI is InChI=1S/C40H55F3N4O8/c1-37(2,3)33(45-36(54)55-39(6,7)40(41,42)43)35(53)47-21-25-29(38(25,4)5)31(47)27(49)20-24(19-22-15-16-22)32(51)26(48)17-18-28(50)44-30(34(52)46(8)9)23-13-11-10-12-14-23/h10-14,22,24-25,29-31,33H,15-21H2,1-9H3,(H,44,50)(H,45,54)/t24?,25?,29-,30-,31+,33+/m0/s1. The predicted molar refractivity (Wildman–Crippen MR) is 195 cm³/mol. The van der Waals surface area contributed by atoms with Crippen molar-refractivity contribution in [1.29, 1.82) is 0 Å². The Balaban J connectivity index is 1.47. The Morgan fingerprint density at radius 3 is 2.05 bits per heavy atom. The fourth-order valence-corrected chi connectivity index (χ4v) is 7.54. The molecule has 1 saturated heterocycles. The van der Waals surface area contributed by atoms with Crippen LogP contribution in [0.15, 0.2) is 30.3 Å². The van der Waals surface area contributed by atoms with Gasteiger partial charge >= 0.3 is 12.3 Å². The van der Waals surface area contributed by atoms with E-state index in [0.717, 1.165) is 12.8 Å². The van der Waals surface area contributed by atoms with Gasteiger partial charge in [0.15, 0.2) is 11.6 Å². The number of alkyl carbamates (subject to hydrolysis) is 1.